The van der Waals surface area contributed by atoms with Crippen molar-refractivity contribution in [2.24, 2.45) is 34.5 Å². The fraction of sp³-hybridized carbons (Fsp3) is 0.833. The van der Waals surface area contributed by atoms with Crippen LogP contribution in [0.15, 0.2) is 10.1 Å². The fourth-order valence-electron chi connectivity index (χ4n) is 7.54. The first-order valence-corrected chi connectivity index (χ1v) is 12.0. The molecule has 3 fully saturated rings. The molecule has 0 aromatic heterocycles. The molecule has 3 nitrogen and oxygen atoms in total. The number of rotatable bonds is 1. The summed E-state index contributed by atoms with van der Waals surface area (Å²) in [4.78, 5) is 25.4. The Bertz CT molecular complexity index is 735. The highest BCUT2D eigenvalue weighted by Crippen LogP contribution is 2.67. The molecule has 1 N–H and O–H groups in total. The van der Waals surface area contributed by atoms with Gasteiger partial charge in [0.15, 0.2) is 5.78 Å². The van der Waals surface area contributed by atoms with Crippen LogP contribution in [0.3, 0.4) is 0 Å². The molecule has 1 unspecified atom stereocenters. The van der Waals surface area contributed by atoms with Gasteiger partial charge in [0.05, 0.1) is 4.48 Å². The summed E-state index contributed by atoms with van der Waals surface area (Å²) < 4.78 is 0.891. The van der Waals surface area contributed by atoms with Crippen molar-refractivity contribution < 1.29 is 9.59 Å². The minimum atomic E-state index is -0.165. The molecule has 4 aliphatic rings. The molecule has 4 rings (SSSR count). The molecule has 156 valence electrons. The number of carbonyl (C=O) groups excluding carboxylic acids is 2. The Morgan fingerprint density at radius 3 is 2.43 bits per heavy atom. The third kappa shape index (κ3) is 3.04. The average Bonchev–Trinajstić information content (AvgIpc) is 2.94. The summed E-state index contributed by atoms with van der Waals surface area (Å²) in [6.07, 6.45) is 8.50. The van der Waals surface area contributed by atoms with Crippen molar-refractivity contribution in [3.8, 4) is 0 Å². The number of hydrogen-bond acceptors (Lipinski definition) is 2. The second-order valence-corrected chi connectivity index (χ2v) is 12.3. The molecule has 0 aromatic rings. The van der Waals surface area contributed by atoms with Gasteiger partial charge in [0.1, 0.15) is 0 Å². The Balaban J connectivity index is 1.61. The van der Waals surface area contributed by atoms with E-state index in [-0.39, 0.29) is 28.2 Å². The van der Waals surface area contributed by atoms with E-state index in [9.17, 15) is 9.59 Å². The number of halogens is 1. The maximum Gasteiger partial charge on any atom is 0.224 e. The smallest absolute Gasteiger partial charge is 0.224 e. The van der Waals surface area contributed by atoms with E-state index in [0.29, 0.717) is 30.0 Å². The lowest BCUT2D eigenvalue weighted by Gasteiger charge is -2.58. The fourth-order valence-corrected chi connectivity index (χ4v) is 8.39. The summed E-state index contributed by atoms with van der Waals surface area (Å²) in [5, 5.41) is 3.26. The van der Waals surface area contributed by atoms with Crippen LogP contribution in [0.5, 0.6) is 0 Å². The molecule has 0 aromatic carbocycles. The van der Waals surface area contributed by atoms with Gasteiger partial charge in [0.2, 0.25) is 5.91 Å². The SMILES string of the molecule is CC(C)(C)NC(=O)C1CC[C@H]2[C@@H]3CCC4=C(Br)C(=O)CC[C@]4(C)[C@H]3CC[C@]12C. The van der Waals surface area contributed by atoms with Crippen molar-refractivity contribution in [1.82, 2.24) is 5.32 Å². The molecule has 0 radical (unpaired) electrons. The van der Waals surface area contributed by atoms with Gasteiger partial charge in [-0.2, -0.15) is 0 Å². The van der Waals surface area contributed by atoms with Gasteiger partial charge in [-0.15, -0.1) is 0 Å². The molecular formula is C24H36BrNO2. The highest BCUT2D eigenvalue weighted by atomic mass is 79.9. The molecule has 3 saturated carbocycles. The van der Waals surface area contributed by atoms with E-state index in [1.807, 2.05) is 0 Å². The average molecular weight is 450 g/mol. The van der Waals surface area contributed by atoms with Crippen LogP contribution in [-0.2, 0) is 9.59 Å². The second-order valence-electron chi connectivity index (χ2n) is 11.5. The maximum absolute atomic E-state index is 13.1. The van der Waals surface area contributed by atoms with Gasteiger partial charge in [-0.3, -0.25) is 9.59 Å². The van der Waals surface area contributed by atoms with Crippen LogP contribution >= 0.6 is 15.9 Å². The monoisotopic (exact) mass is 449 g/mol. The van der Waals surface area contributed by atoms with Gasteiger partial charge in [-0.05, 0) is 116 Å². The predicted molar refractivity (Wildman–Crippen MR) is 116 cm³/mol. The Kier molecular flexibility index (Phi) is 4.92. The number of nitrogens with one attached hydrogen (secondary N) is 1. The zero-order chi connectivity index (χ0) is 20.5. The Labute approximate surface area is 178 Å². The van der Waals surface area contributed by atoms with E-state index in [2.05, 4.69) is 55.9 Å². The molecule has 0 heterocycles. The van der Waals surface area contributed by atoms with Crippen LogP contribution in [0.4, 0.5) is 0 Å². The predicted octanol–water partition coefficient (Wildman–Crippen LogP) is 5.77. The number of allylic oxidation sites excluding steroid dienone is 1. The third-order valence-corrected chi connectivity index (χ3v) is 9.79. The summed E-state index contributed by atoms with van der Waals surface area (Å²) in [5.41, 5.74) is 1.54. The first-order valence-electron chi connectivity index (χ1n) is 11.2. The minimum absolute atomic E-state index is 0.135. The normalized spacial score (nSPS) is 43.3. The van der Waals surface area contributed by atoms with Crippen molar-refractivity contribution >= 4 is 27.6 Å². The lowest BCUT2D eigenvalue weighted by molar-refractivity contribution is -0.134. The van der Waals surface area contributed by atoms with Crippen molar-refractivity contribution in [1.29, 1.82) is 0 Å². The zero-order valence-electron chi connectivity index (χ0n) is 18.2. The largest absolute Gasteiger partial charge is 0.351 e. The van der Waals surface area contributed by atoms with Crippen LogP contribution in [0, 0.1) is 34.5 Å². The molecule has 1 amide bonds. The molecule has 4 heteroatoms. The van der Waals surface area contributed by atoms with Gasteiger partial charge in [-0.1, -0.05) is 13.8 Å². The summed E-state index contributed by atoms with van der Waals surface area (Å²) in [5.74, 6) is 2.74. The summed E-state index contributed by atoms with van der Waals surface area (Å²) in [7, 11) is 0. The van der Waals surface area contributed by atoms with Gasteiger partial charge in [0.25, 0.3) is 0 Å². The van der Waals surface area contributed by atoms with Crippen molar-refractivity contribution in [3.05, 3.63) is 10.1 Å². The summed E-state index contributed by atoms with van der Waals surface area (Å²) >= 11 is 3.65. The number of fused-ring (bicyclic) bond motifs is 5. The number of ketones is 1. The second kappa shape index (κ2) is 6.68. The van der Waals surface area contributed by atoms with E-state index in [1.165, 1.54) is 24.8 Å². The van der Waals surface area contributed by atoms with Gasteiger partial charge in [-0.25, -0.2) is 0 Å². The van der Waals surface area contributed by atoms with Crippen molar-refractivity contribution in [2.75, 3.05) is 0 Å². The van der Waals surface area contributed by atoms with Gasteiger partial charge in [0, 0.05) is 17.9 Å². The lowest BCUT2D eigenvalue weighted by Crippen LogP contribution is -2.53. The third-order valence-electron chi connectivity index (χ3n) is 8.87. The van der Waals surface area contributed by atoms with E-state index in [1.54, 1.807) is 0 Å². The number of Topliss-reactive ketones (excluding diaryl/α,β-unsaturated/α-hetero) is 1. The van der Waals surface area contributed by atoms with Gasteiger partial charge < -0.3 is 5.32 Å². The standard InChI is InChI=1S/C24H36BrNO2/c1-22(2,3)26-21(28)18-9-8-15-14-6-7-17-20(25)19(27)11-13-23(17,4)16(14)10-12-24(15,18)5/h14-16,18H,6-13H2,1-5H3,(H,26,28)/t14-,15-,16-,18?,23+,24-/m0/s1. The highest BCUT2D eigenvalue weighted by Gasteiger charge is 2.60. The Hall–Kier alpha value is -0.640. The number of carbonyl (C=O) groups is 2. The van der Waals surface area contributed by atoms with E-state index in [4.69, 9.17) is 0 Å². The van der Waals surface area contributed by atoms with Crippen LogP contribution in [0.1, 0.15) is 86.0 Å². The van der Waals surface area contributed by atoms with E-state index >= 15 is 0 Å². The molecule has 0 saturated heterocycles. The molecular weight excluding hydrogens is 414 g/mol. The number of hydrogen-bond donors (Lipinski definition) is 1. The van der Waals surface area contributed by atoms with Crippen LogP contribution < -0.4 is 5.32 Å². The van der Waals surface area contributed by atoms with Crippen molar-refractivity contribution in [3.63, 3.8) is 0 Å². The molecule has 0 bridgehead atoms. The Morgan fingerprint density at radius 2 is 1.75 bits per heavy atom. The maximum atomic E-state index is 13.1. The minimum Gasteiger partial charge on any atom is -0.351 e. The quantitative estimate of drug-likeness (QED) is 0.551. The lowest BCUT2D eigenvalue weighted by atomic mass is 9.47. The highest BCUT2D eigenvalue weighted by molar-refractivity contribution is 9.12. The van der Waals surface area contributed by atoms with Crippen LogP contribution in [0.2, 0.25) is 0 Å². The topological polar surface area (TPSA) is 46.2 Å². The molecule has 0 spiro atoms. The van der Waals surface area contributed by atoms with E-state index < -0.39 is 0 Å². The molecule has 0 aliphatic heterocycles. The van der Waals surface area contributed by atoms with Crippen molar-refractivity contribution in [2.45, 2.75) is 91.5 Å². The molecule has 28 heavy (non-hydrogen) atoms. The zero-order valence-corrected chi connectivity index (χ0v) is 19.7. The van der Waals surface area contributed by atoms with Crippen LogP contribution in [-0.4, -0.2) is 17.2 Å². The number of amides is 1. The first kappa shape index (κ1) is 20.6. The summed E-state index contributed by atoms with van der Waals surface area (Å²) in [6, 6.07) is 0. The van der Waals surface area contributed by atoms with E-state index in [0.717, 1.165) is 30.2 Å². The van der Waals surface area contributed by atoms with Crippen LogP contribution in [0.25, 0.3) is 0 Å². The molecule has 4 aliphatic carbocycles. The molecule has 6 atom stereocenters. The summed E-state index contributed by atoms with van der Waals surface area (Å²) in [6.45, 7) is 11.1. The van der Waals surface area contributed by atoms with Gasteiger partial charge >= 0.3 is 0 Å². The Morgan fingerprint density at radius 1 is 1.04 bits per heavy atom. The first-order chi connectivity index (χ1) is 13.0.